The molecule has 4 rings (SSSR count). The van der Waals surface area contributed by atoms with E-state index in [1.807, 2.05) is 4.90 Å². The number of carbonyl (C=O) groups is 1. The molecule has 5 nitrogen and oxygen atoms in total. The van der Waals surface area contributed by atoms with Gasteiger partial charge in [0.15, 0.2) is 0 Å². The van der Waals surface area contributed by atoms with Crippen molar-refractivity contribution < 1.29 is 4.79 Å². The topological polar surface area (TPSA) is 55.2 Å². The monoisotopic (exact) mass is 387 g/mol. The van der Waals surface area contributed by atoms with E-state index in [2.05, 4.69) is 25.8 Å². The summed E-state index contributed by atoms with van der Waals surface area (Å²) in [5.41, 5.74) is 1.42. The standard InChI is InChI=1S/C21H29N3O2S/c1-21(2,3)14-7-8-15-16(11-14)27-19-18(15)20(26)24(13-22-19)12-17(25)23-9-5-4-6-10-23/h13-14H,4-12H2,1-3H3. The first-order valence-electron chi connectivity index (χ1n) is 10.1. The zero-order valence-electron chi connectivity index (χ0n) is 16.6. The summed E-state index contributed by atoms with van der Waals surface area (Å²) in [5.74, 6) is 0.677. The lowest BCUT2D eigenvalue weighted by atomic mass is 9.72. The van der Waals surface area contributed by atoms with Crippen molar-refractivity contribution in [2.24, 2.45) is 11.3 Å². The number of aryl methyl sites for hydroxylation is 1. The molecule has 0 spiro atoms. The average Bonchev–Trinajstić information content (AvgIpc) is 3.02. The molecule has 1 atom stereocenters. The van der Waals surface area contributed by atoms with Gasteiger partial charge in [0.2, 0.25) is 5.91 Å². The number of hydrogen-bond donors (Lipinski definition) is 0. The van der Waals surface area contributed by atoms with Crippen molar-refractivity contribution in [1.82, 2.24) is 14.5 Å². The molecule has 27 heavy (non-hydrogen) atoms. The van der Waals surface area contributed by atoms with Crippen LogP contribution in [-0.4, -0.2) is 33.4 Å². The van der Waals surface area contributed by atoms with Crippen LogP contribution in [0.5, 0.6) is 0 Å². The fraction of sp³-hybridized carbons (Fsp3) is 0.667. The Morgan fingerprint density at radius 2 is 2.00 bits per heavy atom. The minimum absolute atomic E-state index is 0.0369. The average molecular weight is 388 g/mol. The first-order valence-corrected chi connectivity index (χ1v) is 10.9. The smallest absolute Gasteiger partial charge is 0.262 e. The Labute approximate surface area is 164 Å². The number of piperidine rings is 1. The number of carbonyl (C=O) groups excluding carboxylic acids is 1. The van der Waals surface area contributed by atoms with Gasteiger partial charge >= 0.3 is 0 Å². The zero-order chi connectivity index (χ0) is 19.2. The van der Waals surface area contributed by atoms with Crippen molar-refractivity contribution in [3.63, 3.8) is 0 Å². The number of hydrogen-bond acceptors (Lipinski definition) is 4. The van der Waals surface area contributed by atoms with E-state index in [0.717, 1.165) is 55.4 Å². The van der Waals surface area contributed by atoms with Gasteiger partial charge in [0.05, 0.1) is 11.7 Å². The molecule has 1 saturated heterocycles. The van der Waals surface area contributed by atoms with Crippen LogP contribution >= 0.6 is 11.3 Å². The molecule has 3 heterocycles. The Kier molecular flexibility index (Phi) is 4.87. The van der Waals surface area contributed by atoms with Crippen LogP contribution in [0.1, 0.15) is 56.9 Å². The van der Waals surface area contributed by atoms with Gasteiger partial charge in [-0.1, -0.05) is 20.8 Å². The van der Waals surface area contributed by atoms with Crippen molar-refractivity contribution in [3.05, 3.63) is 27.1 Å². The van der Waals surface area contributed by atoms with Gasteiger partial charge in [-0.05, 0) is 55.4 Å². The summed E-state index contributed by atoms with van der Waals surface area (Å²) >= 11 is 1.67. The van der Waals surface area contributed by atoms with Crippen LogP contribution in [0.2, 0.25) is 0 Å². The molecule has 2 aromatic heterocycles. The lowest BCUT2D eigenvalue weighted by molar-refractivity contribution is -0.132. The van der Waals surface area contributed by atoms with E-state index >= 15 is 0 Å². The number of likely N-dealkylation sites (tertiary alicyclic amines) is 1. The van der Waals surface area contributed by atoms with E-state index in [-0.39, 0.29) is 23.4 Å². The van der Waals surface area contributed by atoms with Crippen molar-refractivity contribution in [2.75, 3.05) is 13.1 Å². The molecule has 1 aliphatic carbocycles. The van der Waals surface area contributed by atoms with Crippen LogP contribution in [0, 0.1) is 11.3 Å². The molecule has 0 radical (unpaired) electrons. The molecule has 0 N–H and O–H groups in total. The molecule has 2 aromatic rings. The van der Waals surface area contributed by atoms with Crippen LogP contribution in [0.15, 0.2) is 11.1 Å². The minimum Gasteiger partial charge on any atom is -0.341 e. The summed E-state index contributed by atoms with van der Waals surface area (Å²) in [5, 5.41) is 0.760. The highest BCUT2D eigenvalue weighted by Crippen LogP contribution is 2.41. The van der Waals surface area contributed by atoms with E-state index in [0.29, 0.717) is 5.92 Å². The van der Waals surface area contributed by atoms with E-state index in [9.17, 15) is 9.59 Å². The predicted molar refractivity (Wildman–Crippen MR) is 109 cm³/mol. The van der Waals surface area contributed by atoms with Gasteiger partial charge < -0.3 is 4.90 Å². The van der Waals surface area contributed by atoms with Crippen LogP contribution in [0.25, 0.3) is 10.2 Å². The molecule has 1 fully saturated rings. The summed E-state index contributed by atoms with van der Waals surface area (Å²) in [6.45, 7) is 8.63. The van der Waals surface area contributed by atoms with Crippen molar-refractivity contribution >= 4 is 27.5 Å². The van der Waals surface area contributed by atoms with Gasteiger partial charge in [0.1, 0.15) is 11.4 Å². The molecule has 146 valence electrons. The second-order valence-electron chi connectivity index (χ2n) is 9.11. The quantitative estimate of drug-likeness (QED) is 0.791. The predicted octanol–water partition coefficient (Wildman–Crippen LogP) is 3.62. The Bertz CT molecular complexity index is 916. The number of amides is 1. The Hall–Kier alpha value is -1.69. The highest BCUT2D eigenvalue weighted by atomic mass is 32.1. The van der Waals surface area contributed by atoms with Gasteiger partial charge in [-0.2, -0.15) is 0 Å². The second-order valence-corrected chi connectivity index (χ2v) is 10.2. The molecule has 2 aliphatic rings. The maximum atomic E-state index is 13.1. The first-order chi connectivity index (χ1) is 12.8. The summed E-state index contributed by atoms with van der Waals surface area (Å²) in [7, 11) is 0. The Balaban J connectivity index is 1.63. The van der Waals surface area contributed by atoms with Crippen LogP contribution < -0.4 is 5.56 Å². The number of fused-ring (bicyclic) bond motifs is 3. The fourth-order valence-corrected chi connectivity index (χ4v) is 5.70. The normalized spacial score (nSPS) is 20.7. The maximum absolute atomic E-state index is 13.1. The SMILES string of the molecule is CC(C)(C)C1CCc2c(sc3ncn(CC(=O)N4CCCCC4)c(=O)c23)C1. The van der Waals surface area contributed by atoms with Crippen molar-refractivity contribution in [2.45, 2.75) is 65.8 Å². The van der Waals surface area contributed by atoms with E-state index in [4.69, 9.17) is 0 Å². The molecule has 1 amide bonds. The third-order valence-electron chi connectivity index (χ3n) is 6.27. The summed E-state index contributed by atoms with van der Waals surface area (Å²) in [6.07, 6.45) is 7.97. The van der Waals surface area contributed by atoms with E-state index in [1.165, 1.54) is 21.4 Å². The molecule has 1 aliphatic heterocycles. The van der Waals surface area contributed by atoms with Gasteiger partial charge in [0, 0.05) is 18.0 Å². The summed E-state index contributed by atoms with van der Waals surface area (Å²) in [4.78, 5) is 34.3. The zero-order valence-corrected chi connectivity index (χ0v) is 17.4. The Morgan fingerprint density at radius 1 is 1.26 bits per heavy atom. The van der Waals surface area contributed by atoms with Crippen LogP contribution in [-0.2, 0) is 24.2 Å². The maximum Gasteiger partial charge on any atom is 0.262 e. The van der Waals surface area contributed by atoms with Gasteiger partial charge in [-0.25, -0.2) is 4.98 Å². The third-order valence-corrected chi connectivity index (χ3v) is 7.44. The molecule has 0 aromatic carbocycles. The van der Waals surface area contributed by atoms with Crippen molar-refractivity contribution in [1.29, 1.82) is 0 Å². The second kappa shape index (κ2) is 7.04. The van der Waals surface area contributed by atoms with Gasteiger partial charge in [0.25, 0.3) is 5.56 Å². The molecule has 6 heteroatoms. The lowest BCUT2D eigenvalue weighted by Gasteiger charge is -2.33. The molecular formula is C21H29N3O2S. The largest absolute Gasteiger partial charge is 0.341 e. The number of rotatable bonds is 2. The lowest BCUT2D eigenvalue weighted by Crippen LogP contribution is -2.39. The van der Waals surface area contributed by atoms with Crippen LogP contribution in [0.3, 0.4) is 0 Å². The van der Waals surface area contributed by atoms with Gasteiger partial charge in [-0.3, -0.25) is 14.2 Å². The summed E-state index contributed by atoms with van der Waals surface area (Å²) < 4.78 is 1.52. The molecule has 1 unspecified atom stereocenters. The highest BCUT2D eigenvalue weighted by Gasteiger charge is 2.31. The molecule has 0 bridgehead atoms. The molecular weight excluding hydrogens is 358 g/mol. The number of aromatic nitrogens is 2. The number of nitrogens with zero attached hydrogens (tertiary/aromatic N) is 3. The Morgan fingerprint density at radius 3 is 2.70 bits per heavy atom. The van der Waals surface area contributed by atoms with E-state index < -0.39 is 0 Å². The molecule has 0 saturated carbocycles. The minimum atomic E-state index is -0.0444. The van der Waals surface area contributed by atoms with Crippen LogP contribution in [0.4, 0.5) is 0 Å². The fourth-order valence-electron chi connectivity index (χ4n) is 4.44. The summed E-state index contributed by atoms with van der Waals surface area (Å²) in [6, 6.07) is 0. The van der Waals surface area contributed by atoms with Gasteiger partial charge in [-0.15, -0.1) is 11.3 Å². The van der Waals surface area contributed by atoms with Crippen molar-refractivity contribution in [3.8, 4) is 0 Å². The highest BCUT2D eigenvalue weighted by molar-refractivity contribution is 7.18. The first kappa shape index (κ1) is 18.7. The third kappa shape index (κ3) is 3.56. The van der Waals surface area contributed by atoms with E-state index in [1.54, 1.807) is 17.7 Å². The number of thiophene rings is 1.